The maximum atomic E-state index is 5.56. The second-order valence-electron chi connectivity index (χ2n) is 6.60. The summed E-state index contributed by atoms with van der Waals surface area (Å²) >= 11 is 2.52. The first-order valence-electron chi connectivity index (χ1n) is 9.14. The van der Waals surface area contributed by atoms with Crippen molar-refractivity contribution in [3.63, 3.8) is 0 Å². The van der Waals surface area contributed by atoms with Crippen LogP contribution in [0.1, 0.15) is 0 Å². The Morgan fingerprint density at radius 3 is 1.36 bits per heavy atom. The van der Waals surface area contributed by atoms with Gasteiger partial charge in [0.1, 0.15) is 0 Å². The van der Waals surface area contributed by atoms with Crippen molar-refractivity contribution in [3.05, 3.63) is 15.7 Å². The van der Waals surface area contributed by atoms with Crippen molar-refractivity contribution >= 4 is 39.7 Å². The van der Waals surface area contributed by atoms with Gasteiger partial charge >= 0.3 is 0 Å². The zero-order valence-electron chi connectivity index (χ0n) is 14.6. The molecule has 3 fully saturated rings. The fourth-order valence-electron chi connectivity index (χ4n) is 3.65. The van der Waals surface area contributed by atoms with Crippen molar-refractivity contribution in [2.45, 2.75) is 0 Å². The maximum Gasteiger partial charge on any atom is 0.0642 e. The van der Waals surface area contributed by atoms with Crippen LogP contribution in [0.25, 0.3) is 0 Å². The van der Waals surface area contributed by atoms with Crippen LogP contribution in [0.3, 0.4) is 0 Å². The summed E-state index contributed by atoms with van der Waals surface area (Å²) in [5.74, 6) is 0. The Hall–Kier alpha value is -0.770. The molecular weight excluding hydrogens is 433 g/mol. The summed E-state index contributed by atoms with van der Waals surface area (Å²) in [7, 11) is 0. The Kier molecular flexibility index (Phi) is 5.84. The largest absolute Gasteiger partial charge is 0.378 e. The molecule has 3 heterocycles. The van der Waals surface area contributed by atoms with Crippen LogP contribution in [0.4, 0.5) is 17.1 Å². The number of morpholine rings is 3. The molecule has 0 amide bonds. The molecule has 1 aromatic rings. The Morgan fingerprint density at radius 2 is 0.960 bits per heavy atom. The topological polar surface area (TPSA) is 37.4 Å². The number of hydrogen-bond acceptors (Lipinski definition) is 6. The van der Waals surface area contributed by atoms with Gasteiger partial charge in [-0.2, -0.15) is 0 Å². The van der Waals surface area contributed by atoms with Gasteiger partial charge in [-0.1, -0.05) is 0 Å². The number of anilines is 3. The molecule has 3 aliphatic rings. The highest BCUT2D eigenvalue weighted by molar-refractivity contribution is 14.1. The average Bonchev–Trinajstić information content (AvgIpc) is 2.70. The molecule has 25 heavy (non-hydrogen) atoms. The summed E-state index contributed by atoms with van der Waals surface area (Å²) in [5, 5.41) is 0. The molecule has 3 saturated heterocycles. The molecule has 6 nitrogen and oxygen atoms in total. The van der Waals surface area contributed by atoms with E-state index in [2.05, 4.69) is 49.4 Å². The number of rotatable bonds is 3. The summed E-state index contributed by atoms with van der Waals surface area (Å²) in [6.45, 7) is 10.6. The number of nitrogens with zero attached hydrogens (tertiary/aromatic N) is 3. The van der Waals surface area contributed by atoms with Gasteiger partial charge in [0.15, 0.2) is 0 Å². The minimum Gasteiger partial charge on any atom is -0.378 e. The molecule has 0 aliphatic carbocycles. The van der Waals surface area contributed by atoms with Crippen LogP contribution in [0.5, 0.6) is 0 Å². The molecule has 0 bridgehead atoms. The van der Waals surface area contributed by atoms with E-state index in [1.807, 2.05) is 0 Å². The second-order valence-corrected chi connectivity index (χ2v) is 7.68. The standard InChI is InChI=1S/C18H26IN3O3/c19-18-16(21-3-9-24-10-4-21)13-15(20-1-7-23-8-2-20)14-17(18)22-5-11-25-12-6-22/h13-14H,1-12H2. The van der Waals surface area contributed by atoms with E-state index in [-0.39, 0.29) is 0 Å². The van der Waals surface area contributed by atoms with Crippen LogP contribution < -0.4 is 14.7 Å². The molecule has 0 radical (unpaired) electrons. The van der Waals surface area contributed by atoms with Crippen molar-refractivity contribution in [1.29, 1.82) is 0 Å². The van der Waals surface area contributed by atoms with E-state index in [1.54, 1.807) is 0 Å². The van der Waals surface area contributed by atoms with Crippen molar-refractivity contribution < 1.29 is 14.2 Å². The normalized spacial score (nSPS) is 22.4. The van der Waals surface area contributed by atoms with Crippen LogP contribution in [0.2, 0.25) is 0 Å². The molecule has 138 valence electrons. The third-order valence-corrected chi connectivity index (χ3v) is 6.20. The Labute approximate surface area is 163 Å². The van der Waals surface area contributed by atoms with Gasteiger partial charge in [0.2, 0.25) is 0 Å². The predicted molar refractivity (Wildman–Crippen MR) is 108 cm³/mol. The van der Waals surface area contributed by atoms with E-state index in [9.17, 15) is 0 Å². The molecule has 0 atom stereocenters. The first-order chi connectivity index (χ1) is 12.3. The van der Waals surface area contributed by atoms with E-state index in [0.29, 0.717) is 0 Å². The molecular formula is C18H26IN3O3. The Bertz CT molecular complexity index is 544. The molecule has 0 N–H and O–H groups in total. The monoisotopic (exact) mass is 459 g/mol. The summed E-state index contributed by atoms with van der Waals surface area (Å²) < 4.78 is 18.0. The van der Waals surface area contributed by atoms with E-state index >= 15 is 0 Å². The van der Waals surface area contributed by atoms with Gasteiger partial charge in [0.25, 0.3) is 0 Å². The maximum absolute atomic E-state index is 5.56. The van der Waals surface area contributed by atoms with E-state index < -0.39 is 0 Å². The minimum absolute atomic E-state index is 0.810. The lowest BCUT2D eigenvalue weighted by atomic mass is 10.1. The fraction of sp³-hybridized carbons (Fsp3) is 0.667. The second kappa shape index (κ2) is 8.28. The van der Waals surface area contributed by atoms with Crippen LogP contribution in [-0.2, 0) is 14.2 Å². The van der Waals surface area contributed by atoms with Gasteiger partial charge in [-0.25, -0.2) is 0 Å². The van der Waals surface area contributed by atoms with Crippen LogP contribution >= 0.6 is 22.6 Å². The van der Waals surface area contributed by atoms with E-state index in [1.165, 1.54) is 20.6 Å². The summed E-state index contributed by atoms with van der Waals surface area (Å²) in [6.07, 6.45) is 0. The smallest absolute Gasteiger partial charge is 0.0642 e. The molecule has 0 saturated carbocycles. The van der Waals surface area contributed by atoms with Crippen molar-refractivity contribution in [1.82, 2.24) is 0 Å². The van der Waals surface area contributed by atoms with Crippen LogP contribution in [0.15, 0.2) is 12.1 Å². The Balaban J connectivity index is 1.70. The lowest BCUT2D eigenvalue weighted by Crippen LogP contribution is -2.40. The van der Waals surface area contributed by atoms with E-state index in [4.69, 9.17) is 14.2 Å². The molecule has 0 spiro atoms. The highest BCUT2D eigenvalue weighted by Gasteiger charge is 2.23. The molecule has 1 aromatic carbocycles. The summed E-state index contributed by atoms with van der Waals surface area (Å²) in [4.78, 5) is 7.39. The lowest BCUT2D eigenvalue weighted by Gasteiger charge is -2.36. The highest BCUT2D eigenvalue weighted by Crippen LogP contribution is 2.37. The average molecular weight is 459 g/mol. The van der Waals surface area contributed by atoms with Crippen molar-refractivity contribution in [3.8, 4) is 0 Å². The molecule has 3 aliphatic heterocycles. The molecule has 4 rings (SSSR count). The highest BCUT2D eigenvalue weighted by atomic mass is 127. The molecule has 7 heteroatoms. The number of ether oxygens (including phenoxy) is 3. The third-order valence-electron chi connectivity index (χ3n) is 5.10. The van der Waals surface area contributed by atoms with Gasteiger partial charge in [-0.15, -0.1) is 0 Å². The van der Waals surface area contributed by atoms with Crippen LogP contribution in [0, 0.1) is 3.57 Å². The minimum atomic E-state index is 0.810. The fourth-order valence-corrected chi connectivity index (χ4v) is 4.65. The van der Waals surface area contributed by atoms with E-state index in [0.717, 1.165) is 78.9 Å². The quantitative estimate of drug-likeness (QED) is 0.643. The first-order valence-corrected chi connectivity index (χ1v) is 10.2. The summed E-state index contributed by atoms with van der Waals surface area (Å²) in [5.41, 5.74) is 4.00. The van der Waals surface area contributed by atoms with Crippen molar-refractivity contribution in [2.24, 2.45) is 0 Å². The number of benzene rings is 1. The van der Waals surface area contributed by atoms with Gasteiger partial charge < -0.3 is 28.9 Å². The van der Waals surface area contributed by atoms with Crippen molar-refractivity contribution in [2.75, 3.05) is 93.6 Å². The van der Waals surface area contributed by atoms with Crippen LogP contribution in [-0.4, -0.2) is 78.9 Å². The predicted octanol–water partition coefficient (Wildman–Crippen LogP) is 1.80. The lowest BCUT2D eigenvalue weighted by molar-refractivity contribution is 0.121. The zero-order valence-corrected chi connectivity index (χ0v) is 16.7. The van der Waals surface area contributed by atoms with Gasteiger partial charge in [-0.05, 0) is 34.7 Å². The zero-order chi connectivity index (χ0) is 17.1. The third kappa shape index (κ3) is 3.99. The first kappa shape index (κ1) is 17.6. The Morgan fingerprint density at radius 1 is 0.600 bits per heavy atom. The molecule has 0 unspecified atom stereocenters. The summed E-state index contributed by atoms with van der Waals surface area (Å²) in [6, 6.07) is 4.73. The number of halogens is 1. The SMILES string of the molecule is Ic1c(N2CCOCC2)cc(N2CCOCC2)cc1N1CCOCC1. The van der Waals surface area contributed by atoms with Gasteiger partial charge in [-0.3, -0.25) is 0 Å². The van der Waals surface area contributed by atoms with Gasteiger partial charge in [0, 0.05) is 45.0 Å². The number of hydrogen-bond donors (Lipinski definition) is 0. The van der Waals surface area contributed by atoms with Gasteiger partial charge in [0.05, 0.1) is 54.6 Å². The molecule has 0 aromatic heterocycles.